The Hall–Kier alpha value is -0.820. The molecule has 3 atom stereocenters. The lowest BCUT2D eigenvalue weighted by atomic mass is 9.95. The number of hydrogen-bond donors (Lipinski definition) is 1. The SMILES string of the molecule is CCCNC(c1ccc(C)cc1C)C1CC1C. The van der Waals surface area contributed by atoms with E-state index < -0.39 is 0 Å². The van der Waals surface area contributed by atoms with Crippen molar-refractivity contribution in [3.8, 4) is 0 Å². The van der Waals surface area contributed by atoms with Gasteiger partial charge in [0.25, 0.3) is 0 Å². The molecule has 3 unspecified atom stereocenters. The lowest BCUT2D eigenvalue weighted by Gasteiger charge is -2.21. The van der Waals surface area contributed by atoms with E-state index in [4.69, 9.17) is 0 Å². The van der Waals surface area contributed by atoms with Crippen LogP contribution in [0.25, 0.3) is 0 Å². The topological polar surface area (TPSA) is 12.0 Å². The molecule has 1 heteroatoms. The summed E-state index contributed by atoms with van der Waals surface area (Å²) < 4.78 is 0. The highest BCUT2D eigenvalue weighted by atomic mass is 14.9. The molecule has 1 fully saturated rings. The van der Waals surface area contributed by atoms with Crippen LogP contribution >= 0.6 is 0 Å². The molecule has 1 aliphatic carbocycles. The zero-order chi connectivity index (χ0) is 12.4. The van der Waals surface area contributed by atoms with Crippen molar-refractivity contribution in [3.05, 3.63) is 34.9 Å². The zero-order valence-electron chi connectivity index (χ0n) is 11.6. The first kappa shape index (κ1) is 12.6. The Labute approximate surface area is 106 Å². The summed E-state index contributed by atoms with van der Waals surface area (Å²) in [6.45, 7) is 10.2. The van der Waals surface area contributed by atoms with E-state index in [2.05, 4.69) is 51.2 Å². The molecule has 1 aliphatic rings. The van der Waals surface area contributed by atoms with Crippen molar-refractivity contribution in [1.29, 1.82) is 0 Å². The number of benzene rings is 1. The van der Waals surface area contributed by atoms with Crippen molar-refractivity contribution in [2.24, 2.45) is 11.8 Å². The highest BCUT2D eigenvalue weighted by Crippen LogP contribution is 2.47. The van der Waals surface area contributed by atoms with Crippen LogP contribution < -0.4 is 5.32 Å². The second-order valence-electron chi connectivity index (χ2n) is 5.67. The molecular formula is C16H25N. The van der Waals surface area contributed by atoms with Crippen LogP contribution in [0.5, 0.6) is 0 Å². The molecule has 0 aromatic heterocycles. The van der Waals surface area contributed by atoms with Crippen LogP contribution in [0.1, 0.15) is 49.4 Å². The van der Waals surface area contributed by atoms with E-state index >= 15 is 0 Å². The Morgan fingerprint density at radius 3 is 2.59 bits per heavy atom. The summed E-state index contributed by atoms with van der Waals surface area (Å²) in [5.74, 6) is 1.74. The number of aryl methyl sites for hydroxylation is 2. The third-order valence-corrected chi connectivity index (χ3v) is 3.97. The van der Waals surface area contributed by atoms with E-state index in [-0.39, 0.29) is 0 Å². The highest BCUT2D eigenvalue weighted by Gasteiger charge is 2.40. The molecule has 17 heavy (non-hydrogen) atoms. The summed E-state index contributed by atoms with van der Waals surface area (Å²) in [4.78, 5) is 0. The maximum Gasteiger partial charge on any atom is 0.0353 e. The summed E-state index contributed by atoms with van der Waals surface area (Å²) in [6.07, 6.45) is 2.59. The molecule has 1 aromatic carbocycles. The maximum atomic E-state index is 3.74. The van der Waals surface area contributed by atoms with Crippen molar-refractivity contribution in [2.75, 3.05) is 6.54 Å². The van der Waals surface area contributed by atoms with Crippen LogP contribution in [-0.2, 0) is 0 Å². The van der Waals surface area contributed by atoms with E-state index in [0.717, 1.165) is 18.4 Å². The smallest absolute Gasteiger partial charge is 0.0353 e. The monoisotopic (exact) mass is 231 g/mol. The third-order valence-electron chi connectivity index (χ3n) is 3.97. The van der Waals surface area contributed by atoms with E-state index in [1.807, 2.05) is 0 Å². The Morgan fingerprint density at radius 2 is 2.06 bits per heavy atom. The molecular weight excluding hydrogens is 206 g/mol. The van der Waals surface area contributed by atoms with Gasteiger partial charge in [-0.3, -0.25) is 0 Å². The molecule has 0 aliphatic heterocycles. The third kappa shape index (κ3) is 2.90. The van der Waals surface area contributed by atoms with Gasteiger partial charge < -0.3 is 5.32 Å². The van der Waals surface area contributed by atoms with Gasteiger partial charge in [-0.2, -0.15) is 0 Å². The van der Waals surface area contributed by atoms with Crippen LogP contribution in [0.2, 0.25) is 0 Å². The van der Waals surface area contributed by atoms with Crippen LogP contribution in [-0.4, -0.2) is 6.54 Å². The minimum absolute atomic E-state index is 0.575. The van der Waals surface area contributed by atoms with Gasteiger partial charge in [0.2, 0.25) is 0 Å². The van der Waals surface area contributed by atoms with Crippen molar-refractivity contribution in [1.82, 2.24) is 5.32 Å². The molecule has 0 heterocycles. The normalized spacial score (nSPS) is 24.7. The van der Waals surface area contributed by atoms with Gasteiger partial charge >= 0.3 is 0 Å². The van der Waals surface area contributed by atoms with Crippen molar-refractivity contribution >= 4 is 0 Å². The van der Waals surface area contributed by atoms with Gasteiger partial charge in [0.1, 0.15) is 0 Å². The van der Waals surface area contributed by atoms with Crippen molar-refractivity contribution in [2.45, 2.75) is 46.6 Å². The molecule has 2 rings (SSSR count). The second kappa shape index (κ2) is 5.22. The standard InChI is InChI=1S/C16H25N/c1-5-8-17-16(15-10-13(15)4)14-7-6-11(2)9-12(14)3/h6-7,9,13,15-17H,5,8,10H2,1-4H3. The van der Waals surface area contributed by atoms with Crippen molar-refractivity contribution in [3.63, 3.8) is 0 Å². The summed E-state index contributed by atoms with van der Waals surface area (Å²) in [5, 5.41) is 3.74. The van der Waals surface area contributed by atoms with Gasteiger partial charge in [-0.05, 0) is 56.2 Å². The fourth-order valence-corrected chi connectivity index (χ4v) is 2.78. The molecule has 0 bridgehead atoms. The van der Waals surface area contributed by atoms with Crippen LogP contribution in [0.15, 0.2) is 18.2 Å². The average Bonchev–Trinajstić information content (AvgIpc) is 2.99. The van der Waals surface area contributed by atoms with E-state index in [1.165, 1.54) is 29.5 Å². The predicted molar refractivity (Wildman–Crippen MR) is 74.2 cm³/mol. The summed E-state index contributed by atoms with van der Waals surface area (Å²) >= 11 is 0. The molecule has 0 saturated heterocycles. The average molecular weight is 231 g/mol. The largest absolute Gasteiger partial charge is 0.310 e. The maximum absolute atomic E-state index is 3.74. The van der Waals surface area contributed by atoms with Crippen LogP contribution in [0, 0.1) is 25.7 Å². The fourth-order valence-electron chi connectivity index (χ4n) is 2.78. The minimum Gasteiger partial charge on any atom is -0.310 e. The second-order valence-corrected chi connectivity index (χ2v) is 5.67. The quantitative estimate of drug-likeness (QED) is 0.807. The van der Waals surface area contributed by atoms with E-state index in [0.29, 0.717) is 6.04 Å². The molecule has 0 spiro atoms. The molecule has 1 aromatic rings. The zero-order valence-corrected chi connectivity index (χ0v) is 11.6. The fraction of sp³-hybridized carbons (Fsp3) is 0.625. The summed E-state index contributed by atoms with van der Waals surface area (Å²) in [5.41, 5.74) is 4.32. The van der Waals surface area contributed by atoms with Gasteiger partial charge in [0, 0.05) is 6.04 Å². The number of hydrogen-bond acceptors (Lipinski definition) is 1. The summed E-state index contributed by atoms with van der Waals surface area (Å²) in [6, 6.07) is 7.45. The molecule has 94 valence electrons. The molecule has 0 radical (unpaired) electrons. The van der Waals surface area contributed by atoms with E-state index in [9.17, 15) is 0 Å². The Morgan fingerprint density at radius 1 is 1.35 bits per heavy atom. The van der Waals surface area contributed by atoms with Crippen LogP contribution in [0.3, 0.4) is 0 Å². The van der Waals surface area contributed by atoms with Gasteiger partial charge in [-0.15, -0.1) is 0 Å². The first-order chi connectivity index (χ1) is 8.13. The predicted octanol–water partition coefficient (Wildman–Crippen LogP) is 4.00. The molecule has 0 amide bonds. The number of nitrogens with one attached hydrogen (secondary N) is 1. The highest BCUT2D eigenvalue weighted by molar-refractivity contribution is 5.34. The van der Waals surface area contributed by atoms with Gasteiger partial charge in [0.05, 0.1) is 0 Å². The van der Waals surface area contributed by atoms with Gasteiger partial charge in [-0.25, -0.2) is 0 Å². The van der Waals surface area contributed by atoms with Gasteiger partial charge in [-0.1, -0.05) is 37.6 Å². The first-order valence-electron chi connectivity index (χ1n) is 6.94. The number of rotatable bonds is 5. The lowest BCUT2D eigenvalue weighted by Crippen LogP contribution is -2.25. The van der Waals surface area contributed by atoms with Crippen molar-refractivity contribution < 1.29 is 0 Å². The Bertz CT molecular complexity index is 383. The molecule has 1 nitrogen and oxygen atoms in total. The summed E-state index contributed by atoms with van der Waals surface area (Å²) in [7, 11) is 0. The lowest BCUT2D eigenvalue weighted by molar-refractivity contribution is 0.461. The Balaban J connectivity index is 2.19. The molecule has 1 saturated carbocycles. The minimum atomic E-state index is 0.575. The Kier molecular flexibility index (Phi) is 3.88. The molecule has 1 N–H and O–H groups in total. The first-order valence-corrected chi connectivity index (χ1v) is 6.94. The van der Waals surface area contributed by atoms with E-state index in [1.54, 1.807) is 0 Å². The van der Waals surface area contributed by atoms with Gasteiger partial charge in [0.15, 0.2) is 0 Å². The van der Waals surface area contributed by atoms with Crippen LogP contribution in [0.4, 0.5) is 0 Å².